The molecule has 1 aromatic carbocycles. The molecule has 1 aliphatic heterocycles. The van der Waals surface area contributed by atoms with E-state index in [0.717, 1.165) is 18.8 Å². The Morgan fingerprint density at radius 1 is 1.19 bits per heavy atom. The SMILES string of the molecule is CNC(c1ccc(OC)cc1)C(C)N1C[C@@H](C)O[C@@H](C)C1. The second-order valence-corrected chi connectivity index (χ2v) is 5.99. The van der Waals surface area contributed by atoms with Crippen LogP contribution in [0.1, 0.15) is 32.4 Å². The van der Waals surface area contributed by atoms with Crippen LogP contribution in [0, 0.1) is 0 Å². The lowest BCUT2D eigenvalue weighted by atomic mass is 9.98. The maximum absolute atomic E-state index is 5.84. The van der Waals surface area contributed by atoms with Gasteiger partial charge in [0.25, 0.3) is 0 Å². The van der Waals surface area contributed by atoms with Crippen LogP contribution in [0.15, 0.2) is 24.3 Å². The second-order valence-electron chi connectivity index (χ2n) is 5.99. The van der Waals surface area contributed by atoms with Gasteiger partial charge in [-0.05, 0) is 45.5 Å². The Morgan fingerprint density at radius 2 is 1.76 bits per heavy atom. The van der Waals surface area contributed by atoms with Gasteiger partial charge in [-0.15, -0.1) is 0 Å². The van der Waals surface area contributed by atoms with Crippen LogP contribution in [0.2, 0.25) is 0 Å². The molecule has 1 fully saturated rings. The van der Waals surface area contributed by atoms with Crippen LogP contribution >= 0.6 is 0 Å². The minimum atomic E-state index is 0.296. The highest BCUT2D eigenvalue weighted by molar-refractivity contribution is 5.29. The maximum Gasteiger partial charge on any atom is 0.118 e. The van der Waals surface area contributed by atoms with E-state index in [1.165, 1.54) is 5.56 Å². The molecule has 0 spiro atoms. The molecule has 4 atom stereocenters. The topological polar surface area (TPSA) is 33.7 Å². The highest BCUT2D eigenvalue weighted by atomic mass is 16.5. The lowest BCUT2D eigenvalue weighted by Crippen LogP contribution is -2.52. The molecule has 0 amide bonds. The molecule has 0 aliphatic carbocycles. The molecule has 1 N–H and O–H groups in total. The molecule has 1 saturated heterocycles. The van der Waals surface area contributed by atoms with Gasteiger partial charge >= 0.3 is 0 Å². The summed E-state index contributed by atoms with van der Waals surface area (Å²) in [4.78, 5) is 2.52. The Hall–Kier alpha value is -1.10. The highest BCUT2D eigenvalue weighted by Crippen LogP contribution is 2.25. The van der Waals surface area contributed by atoms with Crippen LogP contribution in [0.3, 0.4) is 0 Å². The molecule has 2 rings (SSSR count). The van der Waals surface area contributed by atoms with Crippen LogP contribution in [0.5, 0.6) is 5.75 Å². The lowest BCUT2D eigenvalue weighted by Gasteiger charge is -2.41. The summed E-state index contributed by atoms with van der Waals surface area (Å²) in [6.45, 7) is 8.56. The van der Waals surface area contributed by atoms with Crippen molar-refractivity contribution in [3.63, 3.8) is 0 Å². The van der Waals surface area contributed by atoms with Gasteiger partial charge in [-0.3, -0.25) is 4.90 Å². The number of methoxy groups -OCH3 is 1. The number of nitrogens with zero attached hydrogens (tertiary/aromatic N) is 1. The van der Waals surface area contributed by atoms with Crippen molar-refractivity contribution in [2.24, 2.45) is 0 Å². The number of ether oxygens (including phenoxy) is 2. The molecule has 21 heavy (non-hydrogen) atoms. The fourth-order valence-electron chi connectivity index (χ4n) is 3.26. The van der Waals surface area contributed by atoms with E-state index in [-0.39, 0.29) is 0 Å². The summed E-state index contributed by atoms with van der Waals surface area (Å²) in [6, 6.07) is 9.05. The van der Waals surface area contributed by atoms with E-state index in [1.807, 2.05) is 19.2 Å². The van der Waals surface area contributed by atoms with E-state index in [4.69, 9.17) is 9.47 Å². The van der Waals surface area contributed by atoms with Crippen molar-refractivity contribution in [1.29, 1.82) is 0 Å². The van der Waals surface area contributed by atoms with Gasteiger partial charge in [0.2, 0.25) is 0 Å². The highest BCUT2D eigenvalue weighted by Gasteiger charge is 2.30. The minimum absolute atomic E-state index is 0.296. The summed E-state index contributed by atoms with van der Waals surface area (Å²) in [5.41, 5.74) is 1.29. The Bertz CT molecular complexity index is 425. The van der Waals surface area contributed by atoms with E-state index in [1.54, 1.807) is 7.11 Å². The zero-order valence-electron chi connectivity index (χ0n) is 13.8. The molecule has 1 heterocycles. The van der Waals surface area contributed by atoms with Crippen molar-refractivity contribution in [2.75, 3.05) is 27.2 Å². The van der Waals surface area contributed by atoms with Crippen molar-refractivity contribution < 1.29 is 9.47 Å². The third-order valence-corrected chi connectivity index (χ3v) is 4.29. The number of hydrogen-bond acceptors (Lipinski definition) is 4. The molecule has 1 aromatic rings. The second kappa shape index (κ2) is 7.25. The van der Waals surface area contributed by atoms with Crippen molar-refractivity contribution in [1.82, 2.24) is 10.2 Å². The minimum Gasteiger partial charge on any atom is -0.497 e. The molecule has 4 nitrogen and oxygen atoms in total. The first-order chi connectivity index (χ1) is 10.0. The first kappa shape index (κ1) is 16.3. The van der Waals surface area contributed by atoms with Crippen molar-refractivity contribution in [3.8, 4) is 5.75 Å². The van der Waals surface area contributed by atoms with Crippen LogP contribution < -0.4 is 10.1 Å². The summed E-state index contributed by atoms with van der Waals surface area (Å²) in [6.07, 6.45) is 0.592. The van der Waals surface area contributed by atoms with E-state index < -0.39 is 0 Å². The zero-order chi connectivity index (χ0) is 15.4. The summed E-state index contributed by atoms with van der Waals surface area (Å²) in [5, 5.41) is 3.46. The Labute approximate surface area is 128 Å². The first-order valence-corrected chi connectivity index (χ1v) is 7.76. The number of nitrogens with one attached hydrogen (secondary N) is 1. The van der Waals surface area contributed by atoms with Gasteiger partial charge in [0.1, 0.15) is 5.75 Å². The summed E-state index contributed by atoms with van der Waals surface area (Å²) in [7, 11) is 3.72. The average molecular weight is 292 g/mol. The molecule has 4 heteroatoms. The molecule has 2 unspecified atom stereocenters. The number of hydrogen-bond donors (Lipinski definition) is 1. The number of likely N-dealkylation sites (N-methyl/N-ethyl adjacent to an activating group) is 1. The third kappa shape index (κ3) is 3.96. The fraction of sp³-hybridized carbons (Fsp3) is 0.647. The van der Waals surface area contributed by atoms with Crippen molar-refractivity contribution >= 4 is 0 Å². The Morgan fingerprint density at radius 3 is 2.24 bits per heavy atom. The summed E-state index contributed by atoms with van der Waals surface area (Å²) < 4.78 is 11.1. The van der Waals surface area contributed by atoms with Gasteiger partial charge in [0.05, 0.1) is 19.3 Å². The molecule has 0 radical (unpaired) electrons. The summed E-state index contributed by atoms with van der Waals surface area (Å²) in [5.74, 6) is 0.898. The molecular weight excluding hydrogens is 264 g/mol. The molecular formula is C17H28N2O2. The van der Waals surface area contributed by atoms with Crippen LogP contribution in [-0.4, -0.2) is 50.4 Å². The Balaban J connectivity index is 2.11. The predicted molar refractivity (Wildman–Crippen MR) is 85.8 cm³/mol. The monoisotopic (exact) mass is 292 g/mol. The first-order valence-electron chi connectivity index (χ1n) is 7.76. The quantitative estimate of drug-likeness (QED) is 0.904. The molecule has 1 aliphatic rings. The maximum atomic E-state index is 5.84. The third-order valence-electron chi connectivity index (χ3n) is 4.29. The smallest absolute Gasteiger partial charge is 0.118 e. The zero-order valence-corrected chi connectivity index (χ0v) is 13.8. The van der Waals surface area contributed by atoms with E-state index in [2.05, 4.69) is 43.1 Å². The molecule has 0 saturated carbocycles. The van der Waals surface area contributed by atoms with E-state index in [0.29, 0.717) is 24.3 Å². The largest absolute Gasteiger partial charge is 0.497 e. The number of morpholine rings is 1. The van der Waals surface area contributed by atoms with Crippen molar-refractivity contribution in [2.45, 2.75) is 45.1 Å². The standard InChI is InChI=1S/C17H28N2O2/c1-12-10-19(11-13(2)21-12)14(3)17(18-4)15-6-8-16(20-5)9-7-15/h6-9,12-14,17-18H,10-11H2,1-5H3/t12-,13+,14?,17?. The molecule has 118 valence electrons. The fourth-order valence-corrected chi connectivity index (χ4v) is 3.26. The molecule has 0 aromatic heterocycles. The number of rotatable bonds is 5. The predicted octanol–water partition coefficient (Wildman–Crippen LogP) is 2.45. The van der Waals surface area contributed by atoms with Crippen LogP contribution in [0.4, 0.5) is 0 Å². The lowest BCUT2D eigenvalue weighted by molar-refractivity contribution is -0.0820. The van der Waals surface area contributed by atoms with Gasteiger partial charge < -0.3 is 14.8 Å². The molecule has 0 bridgehead atoms. The van der Waals surface area contributed by atoms with Crippen LogP contribution in [0.25, 0.3) is 0 Å². The Kier molecular flexibility index (Phi) is 5.62. The van der Waals surface area contributed by atoms with Gasteiger partial charge in [-0.25, -0.2) is 0 Å². The van der Waals surface area contributed by atoms with Crippen molar-refractivity contribution in [3.05, 3.63) is 29.8 Å². The normalized spacial score (nSPS) is 26.3. The van der Waals surface area contributed by atoms with Gasteiger partial charge in [-0.1, -0.05) is 12.1 Å². The number of benzene rings is 1. The van der Waals surface area contributed by atoms with Gasteiger partial charge in [-0.2, -0.15) is 0 Å². The van der Waals surface area contributed by atoms with Crippen LogP contribution in [-0.2, 0) is 4.74 Å². The van der Waals surface area contributed by atoms with E-state index >= 15 is 0 Å². The van der Waals surface area contributed by atoms with Gasteiger partial charge in [0.15, 0.2) is 0 Å². The van der Waals surface area contributed by atoms with Gasteiger partial charge in [0, 0.05) is 25.2 Å². The van der Waals surface area contributed by atoms with E-state index in [9.17, 15) is 0 Å². The summed E-state index contributed by atoms with van der Waals surface area (Å²) >= 11 is 0. The average Bonchev–Trinajstić information content (AvgIpc) is 2.47.